The summed E-state index contributed by atoms with van der Waals surface area (Å²) in [7, 11) is 0. The van der Waals surface area contributed by atoms with Crippen LogP contribution in [0.25, 0.3) is 22.6 Å². The van der Waals surface area contributed by atoms with Crippen LogP contribution in [-0.4, -0.2) is 55.7 Å². The van der Waals surface area contributed by atoms with Crippen LogP contribution < -0.4 is 15.3 Å². The van der Waals surface area contributed by atoms with Crippen molar-refractivity contribution in [1.29, 1.82) is 0 Å². The van der Waals surface area contributed by atoms with Gasteiger partial charge < -0.3 is 20.4 Å². The number of hydrogen-bond donors (Lipinski definition) is 4. The lowest BCUT2D eigenvalue weighted by molar-refractivity contribution is -0.908. The van der Waals surface area contributed by atoms with Crippen molar-refractivity contribution in [2.75, 3.05) is 18.4 Å². The summed E-state index contributed by atoms with van der Waals surface area (Å²) < 4.78 is 1.51. The quantitative estimate of drug-likeness (QED) is 0.308. The number of fused-ring (bicyclic) bond motifs is 1. The third-order valence-corrected chi connectivity index (χ3v) is 9.08. The summed E-state index contributed by atoms with van der Waals surface area (Å²) in [6.07, 6.45) is 9.41. The monoisotopic (exact) mass is 596 g/mol. The number of rotatable bonds is 7. The molecule has 1 atom stereocenters. The number of aromatic amines is 1. The van der Waals surface area contributed by atoms with Gasteiger partial charge in [-0.2, -0.15) is 4.63 Å². The Morgan fingerprint density at radius 3 is 2.41 bits per heavy atom. The fourth-order valence-electron chi connectivity index (χ4n) is 6.52. The lowest BCUT2D eigenvalue weighted by Crippen LogP contribution is -3.14. The maximum Gasteiger partial charge on any atom is 0.227 e. The predicted octanol–water partition coefficient (Wildman–Crippen LogP) is 3.41. The van der Waals surface area contributed by atoms with E-state index in [9.17, 15) is 19.8 Å². The average molecular weight is 597 g/mol. The molecule has 3 aromatic rings. The molecule has 1 aromatic carbocycles. The van der Waals surface area contributed by atoms with Crippen LogP contribution >= 0.6 is 0 Å². The highest BCUT2D eigenvalue weighted by atomic mass is 16.3. The van der Waals surface area contributed by atoms with Crippen molar-refractivity contribution in [3.63, 3.8) is 0 Å². The molecular formula is C34H40N6O4. The standard InChI is InChI=1S/C34H40N6O4/c1-6-39(7-2)22-16-17-23(24(41)18-22)25-28(42)26(29(25)43)27-30(34(3,4)5)37-40-32(27)36-31(38-40)19-12-14-21(15-13-19)35-33(44)20-10-8-9-11-20/h12-18,20,22,37,41-42H,6-11H2,1-5H3,(H,35,44)/b25-23-. The zero-order valence-corrected chi connectivity index (χ0v) is 26.0. The van der Waals surface area contributed by atoms with Crippen molar-refractivity contribution in [2.24, 2.45) is 5.92 Å². The number of nitrogens with zero attached hydrogens (tertiary/aromatic N) is 3. The molecule has 0 spiro atoms. The van der Waals surface area contributed by atoms with Gasteiger partial charge in [-0.15, -0.1) is 5.10 Å². The van der Waals surface area contributed by atoms with Crippen LogP contribution in [0.4, 0.5) is 5.69 Å². The fraction of sp³-hybridized carbons (Fsp3) is 0.412. The second-order valence-corrected chi connectivity index (χ2v) is 13.0. The Kier molecular flexibility index (Phi) is 7.57. The minimum absolute atomic E-state index is 0.00724. The number of benzene rings is 1. The summed E-state index contributed by atoms with van der Waals surface area (Å²) in [6.45, 7) is 11.9. The first-order valence-corrected chi connectivity index (χ1v) is 15.6. The second-order valence-electron chi connectivity index (χ2n) is 13.0. The number of hydrogen-bond acceptors (Lipinski definition) is 6. The fourth-order valence-corrected chi connectivity index (χ4v) is 6.52. The van der Waals surface area contributed by atoms with Gasteiger partial charge in [-0.05, 0) is 63.1 Å². The van der Waals surface area contributed by atoms with Gasteiger partial charge in [0, 0.05) is 45.4 Å². The zero-order valence-electron chi connectivity index (χ0n) is 26.0. The molecule has 0 aliphatic heterocycles. The van der Waals surface area contributed by atoms with Crippen molar-refractivity contribution in [1.82, 2.24) is 19.8 Å². The first-order valence-electron chi connectivity index (χ1n) is 15.6. The van der Waals surface area contributed by atoms with Crippen molar-refractivity contribution in [3.8, 4) is 11.4 Å². The number of anilines is 1. The van der Waals surface area contributed by atoms with Crippen LogP contribution in [0.15, 0.2) is 65.2 Å². The minimum atomic E-state index is -0.444. The normalized spacial score (nSPS) is 21.0. The van der Waals surface area contributed by atoms with Gasteiger partial charge in [0.25, 0.3) is 0 Å². The van der Waals surface area contributed by atoms with Gasteiger partial charge in [0.15, 0.2) is 17.3 Å². The van der Waals surface area contributed by atoms with Crippen molar-refractivity contribution < 1.29 is 24.7 Å². The smallest absolute Gasteiger partial charge is 0.227 e. The molecule has 2 aromatic heterocycles. The van der Waals surface area contributed by atoms with Crippen LogP contribution in [0.1, 0.15) is 71.6 Å². The number of aliphatic hydroxyl groups is 1. The van der Waals surface area contributed by atoms with E-state index in [1.165, 1.54) is 9.53 Å². The zero-order chi connectivity index (χ0) is 31.3. The molecule has 10 nitrogen and oxygen atoms in total. The van der Waals surface area contributed by atoms with E-state index in [-0.39, 0.29) is 40.3 Å². The summed E-state index contributed by atoms with van der Waals surface area (Å²) in [5.41, 5.74) is 2.80. The number of quaternary nitrogens is 1. The third kappa shape index (κ3) is 5.06. The van der Waals surface area contributed by atoms with Gasteiger partial charge in [-0.1, -0.05) is 39.4 Å². The number of likely N-dealkylation sites (N-methyl/N-ethyl adjacent to an activating group) is 1. The molecule has 1 saturated carbocycles. The number of nitrogens with one attached hydrogen (secondary N) is 3. The Bertz CT molecular complexity index is 1750. The molecule has 1 fully saturated rings. The minimum Gasteiger partial charge on any atom is -0.871 e. The van der Waals surface area contributed by atoms with Crippen molar-refractivity contribution in [3.05, 3.63) is 76.4 Å². The number of allylic oxidation sites excluding steroid dienone is 3. The topological polar surface area (TPSA) is 140 Å². The summed E-state index contributed by atoms with van der Waals surface area (Å²) in [6, 6.07) is 7.32. The van der Waals surface area contributed by atoms with Crippen LogP contribution in [0.2, 0.25) is 0 Å². The molecule has 0 bridgehead atoms. The van der Waals surface area contributed by atoms with Gasteiger partial charge in [0.05, 0.1) is 24.3 Å². The van der Waals surface area contributed by atoms with Gasteiger partial charge in [0.1, 0.15) is 11.8 Å². The van der Waals surface area contributed by atoms with Crippen molar-refractivity contribution in [2.45, 2.75) is 71.8 Å². The predicted molar refractivity (Wildman–Crippen MR) is 167 cm³/mol. The Balaban J connectivity index is 1.34. The lowest BCUT2D eigenvalue weighted by Gasteiger charge is -2.34. The Labute approximate surface area is 256 Å². The first-order chi connectivity index (χ1) is 21.0. The molecule has 0 radical (unpaired) electrons. The molecular weight excluding hydrogens is 556 g/mol. The number of carbonyl (C=O) groups excluding carboxylic acids is 2. The number of Topliss-reactive ketones (excluding diaryl/α,β-unsaturated/α-hetero) is 1. The molecule has 4 N–H and O–H groups in total. The molecule has 1 unspecified atom stereocenters. The van der Waals surface area contributed by atoms with Crippen LogP contribution in [0.5, 0.6) is 0 Å². The van der Waals surface area contributed by atoms with E-state index in [0.29, 0.717) is 28.4 Å². The van der Waals surface area contributed by atoms with E-state index < -0.39 is 17.0 Å². The second kappa shape index (κ2) is 11.2. The molecule has 2 heterocycles. The Hall–Kier alpha value is -4.44. The molecule has 1 amide bonds. The van der Waals surface area contributed by atoms with E-state index in [1.807, 2.05) is 51.1 Å². The maximum atomic E-state index is 13.7. The average Bonchev–Trinajstić information content (AvgIpc) is 3.74. The number of amides is 1. The molecule has 10 heteroatoms. The largest absolute Gasteiger partial charge is 0.871 e. The van der Waals surface area contributed by atoms with E-state index in [4.69, 9.17) is 4.98 Å². The number of H-pyrrole nitrogens is 1. The highest BCUT2D eigenvalue weighted by Crippen LogP contribution is 2.43. The number of aromatic nitrogens is 4. The van der Waals surface area contributed by atoms with Crippen LogP contribution in [0, 0.1) is 5.92 Å². The number of aliphatic hydroxyl groups excluding tert-OH is 1. The van der Waals surface area contributed by atoms with E-state index in [0.717, 1.165) is 44.3 Å². The van der Waals surface area contributed by atoms with Crippen molar-refractivity contribution >= 4 is 28.6 Å². The van der Waals surface area contributed by atoms with Gasteiger partial charge in [0.2, 0.25) is 5.91 Å². The maximum absolute atomic E-state index is 13.7. The molecule has 3 aliphatic rings. The number of ketones is 1. The van der Waals surface area contributed by atoms with Gasteiger partial charge in [-0.25, -0.2) is 4.98 Å². The SMILES string of the molecule is CC[NH+](CC)C1C=C/C(=C2/C(=O)C(c3c(C(C)(C)C)[nH]n4nc(-c5ccc(NC(=O)C6CCCC6)cc5)nc34)=C2[O-])C(O)=C1. The third-order valence-electron chi connectivity index (χ3n) is 9.08. The molecule has 0 saturated heterocycles. The van der Waals surface area contributed by atoms with Crippen LogP contribution in [0.3, 0.4) is 0 Å². The summed E-state index contributed by atoms with van der Waals surface area (Å²) in [4.78, 5) is 32.2. The van der Waals surface area contributed by atoms with Gasteiger partial charge >= 0.3 is 0 Å². The summed E-state index contributed by atoms with van der Waals surface area (Å²) in [5, 5.41) is 35.4. The molecule has 230 valence electrons. The molecule has 44 heavy (non-hydrogen) atoms. The Morgan fingerprint density at radius 2 is 1.82 bits per heavy atom. The highest BCUT2D eigenvalue weighted by molar-refractivity contribution is 6.40. The molecule has 3 aliphatic carbocycles. The Morgan fingerprint density at radius 1 is 1.14 bits per heavy atom. The van der Waals surface area contributed by atoms with E-state index in [1.54, 1.807) is 12.2 Å². The van der Waals surface area contributed by atoms with E-state index in [2.05, 4.69) is 29.4 Å². The van der Waals surface area contributed by atoms with Crippen LogP contribution in [-0.2, 0) is 15.0 Å². The summed E-state index contributed by atoms with van der Waals surface area (Å²) >= 11 is 0. The lowest BCUT2D eigenvalue weighted by atomic mass is 9.76. The van der Waals surface area contributed by atoms with Gasteiger partial charge in [-0.3, -0.25) is 14.7 Å². The summed E-state index contributed by atoms with van der Waals surface area (Å²) in [5.74, 6) is -0.321. The highest BCUT2D eigenvalue weighted by Gasteiger charge is 2.38. The van der Waals surface area contributed by atoms with E-state index >= 15 is 0 Å². The number of carbonyl (C=O) groups is 2. The first kappa shape index (κ1) is 29.6. The molecule has 6 rings (SSSR count).